The lowest BCUT2D eigenvalue weighted by atomic mass is 10.1. The Kier molecular flexibility index (Phi) is 4.43. The maximum absolute atomic E-state index is 5.79. The van der Waals surface area contributed by atoms with Crippen LogP contribution in [0.2, 0.25) is 0 Å². The molecular weight excluding hydrogens is 236 g/mol. The van der Waals surface area contributed by atoms with Crippen LogP contribution in [0.1, 0.15) is 33.0 Å². The Hall–Kier alpha value is -1.55. The normalized spacial score (nSPS) is 13.3. The van der Waals surface area contributed by atoms with Gasteiger partial charge < -0.3 is 10.7 Å². The number of rotatable bonds is 6. The molecule has 104 valence electrons. The molecule has 0 bridgehead atoms. The number of fused-ring (bicyclic) bond motifs is 1. The van der Waals surface area contributed by atoms with Crippen molar-refractivity contribution in [1.29, 1.82) is 0 Å². The number of benzene rings is 1. The number of nitrogens with two attached hydrogens (primary N) is 1. The minimum absolute atomic E-state index is 0.722. The first-order valence-corrected chi connectivity index (χ1v) is 7.08. The molecule has 0 aliphatic rings. The van der Waals surface area contributed by atoms with Crippen LogP contribution >= 0.6 is 0 Å². The smallest absolute Gasteiger partial charge is 0.121 e. The fourth-order valence-corrected chi connectivity index (χ4v) is 2.24. The fourth-order valence-electron chi connectivity index (χ4n) is 2.24. The molecule has 3 N–H and O–H groups in total. The molecule has 19 heavy (non-hydrogen) atoms. The van der Waals surface area contributed by atoms with Crippen molar-refractivity contribution in [2.24, 2.45) is 5.92 Å². The Morgan fingerprint density at radius 3 is 2.84 bits per heavy atom. The molecule has 0 aliphatic heterocycles. The van der Waals surface area contributed by atoms with Gasteiger partial charge in [0.1, 0.15) is 5.82 Å². The highest BCUT2D eigenvalue weighted by atomic mass is 15.1. The molecule has 1 aromatic heterocycles. The number of nitrogens with one attached hydrogen (secondary N) is 1. The predicted molar refractivity (Wildman–Crippen MR) is 80.9 cm³/mol. The minimum Gasteiger partial charge on any atom is -0.399 e. The maximum atomic E-state index is 5.79. The van der Waals surface area contributed by atoms with Crippen molar-refractivity contribution in [1.82, 2.24) is 14.9 Å². The summed E-state index contributed by atoms with van der Waals surface area (Å²) in [6, 6.07) is 5.80. The zero-order valence-corrected chi connectivity index (χ0v) is 12.1. The topological polar surface area (TPSA) is 57.9 Å². The molecule has 4 nitrogen and oxygen atoms in total. The number of nitrogens with zero attached hydrogens (tertiary/aromatic N) is 2. The Balaban J connectivity index is 2.10. The van der Waals surface area contributed by atoms with E-state index in [0.29, 0.717) is 0 Å². The van der Waals surface area contributed by atoms with E-state index in [0.717, 1.165) is 48.1 Å². The van der Waals surface area contributed by atoms with Crippen LogP contribution < -0.4 is 5.73 Å². The van der Waals surface area contributed by atoms with Crippen LogP contribution in [0.4, 0.5) is 5.69 Å². The Morgan fingerprint density at radius 1 is 1.37 bits per heavy atom. The van der Waals surface area contributed by atoms with Crippen molar-refractivity contribution in [2.45, 2.75) is 33.7 Å². The summed E-state index contributed by atoms with van der Waals surface area (Å²) in [5.41, 5.74) is 8.57. The molecule has 0 radical (unpaired) electrons. The molecule has 4 heteroatoms. The highest BCUT2D eigenvalue weighted by molar-refractivity contribution is 5.78. The van der Waals surface area contributed by atoms with Crippen molar-refractivity contribution in [3.8, 4) is 0 Å². The molecule has 0 saturated heterocycles. The summed E-state index contributed by atoms with van der Waals surface area (Å²) in [5, 5.41) is 0. The summed E-state index contributed by atoms with van der Waals surface area (Å²) in [5.74, 6) is 1.74. The average molecular weight is 260 g/mol. The van der Waals surface area contributed by atoms with Crippen LogP contribution in [-0.2, 0) is 6.54 Å². The summed E-state index contributed by atoms with van der Waals surface area (Å²) in [7, 11) is 0. The number of hydrogen-bond donors (Lipinski definition) is 2. The largest absolute Gasteiger partial charge is 0.399 e. The first-order chi connectivity index (χ1) is 9.12. The third-order valence-corrected chi connectivity index (χ3v) is 3.64. The second-order valence-electron chi connectivity index (χ2n) is 5.30. The van der Waals surface area contributed by atoms with Crippen LogP contribution in [0, 0.1) is 5.92 Å². The van der Waals surface area contributed by atoms with Gasteiger partial charge in [0, 0.05) is 12.2 Å². The molecule has 2 aromatic rings. The van der Waals surface area contributed by atoms with E-state index in [1.807, 2.05) is 18.2 Å². The number of nitrogen functional groups attached to an aromatic ring is 1. The summed E-state index contributed by atoms with van der Waals surface area (Å²) in [4.78, 5) is 10.4. The number of aromatic amines is 1. The number of hydrogen-bond acceptors (Lipinski definition) is 3. The molecule has 0 spiro atoms. The highest BCUT2D eigenvalue weighted by Crippen LogP contribution is 2.16. The number of anilines is 1. The summed E-state index contributed by atoms with van der Waals surface area (Å²) in [6.07, 6.45) is 1.22. The molecule has 1 aromatic carbocycles. The van der Waals surface area contributed by atoms with Gasteiger partial charge in [-0.15, -0.1) is 0 Å². The quantitative estimate of drug-likeness (QED) is 0.785. The Bertz CT molecular complexity index is 532. The van der Waals surface area contributed by atoms with Gasteiger partial charge in [-0.25, -0.2) is 4.98 Å². The van der Waals surface area contributed by atoms with E-state index in [-0.39, 0.29) is 0 Å². The van der Waals surface area contributed by atoms with E-state index < -0.39 is 0 Å². The summed E-state index contributed by atoms with van der Waals surface area (Å²) < 4.78 is 0. The van der Waals surface area contributed by atoms with Gasteiger partial charge in [-0.1, -0.05) is 27.2 Å². The number of imidazole rings is 1. The number of aromatic nitrogens is 2. The van der Waals surface area contributed by atoms with Crippen LogP contribution in [0.25, 0.3) is 11.0 Å². The van der Waals surface area contributed by atoms with Crippen LogP contribution in [0.3, 0.4) is 0 Å². The van der Waals surface area contributed by atoms with Gasteiger partial charge >= 0.3 is 0 Å². The second kappa shape index (κ2) is 6.06. The summed E-state index contributed by atoms with van der Waals surface area (Å²) >= 11 is 0. The third-order valence-electron chi connectivity index (χ3n) is 3.64. The van der Waals surface area contributed by atoms with Gasteiger partial charge in [0.15, 0.2) is 0 Å². The molecule has 0 saturated carbocycles. The van der Waals surface area contributed by atoms with Crippen LogP contribution in [0.15, 0.2) is 18.2 Å². The first kappa shape index (κ1) is 13.9. The van der Waals surface area contributed by atoms with Gasteiger partial charge in [0.05, 0.1) is 17.6 Å². The van der Waals surface area contributed by atoms with E-state index in [1.54, 1.807) is 0 Å². The Labute approximate surface area is 115 Å². The van der Waals surface area contributed by atoms with E-state index in [1.165, 1.54) is 6.42 Å². The third kappa shape index (κ3) is 3.47. The van der Waals surface area contributed by atoms with Crippen LogP contribution in [0.5, 0.6) is 0 Å². The molecular formula is C15H24N4. The van der Waals surface area contributed by atoms with E-state index in [4.69, 9.17) is 5.73 Å². The van der Waals surface area contributed by atoms with E-state index >= 15 is 0 Å². The van der Waals surface area contributed by atoms with Crippen molar-refractivity contribution in [3.63, 3.8) is 0 Å². The Morgan fingerprint density at radius 2 is 2.16 bits per heavy atom. The van der Waals surface area contributed by atoms with E-state index in [9.17, 15) is 0 Å². The highest BCUT2D eigenvalue weighted by Gasteiger charge is 2.10. The minimum atomic E-state index is 0.722. The van der Waals surface area contributed by atoms with Gasteiger partial charge in [-0.05, 0) is 30.7 Å². The molecule has 1 unspecified atom stereocenters. The fraction of sp³-hybridized carbons (Fsp3) is 0.533. The molecule has 1 heterocycles. The van der Waals surface area contributed by atoms with Crippen molar-refractivity contribution >= 4 is 16.7 Å². The standard InChI is InChI=1S/C15H24N4/c1-4-11(3)9-19(5-2)10-15-17-13-7-6-12(16)8-14(13)18-15/h6-8,11H,4-5,9-10,16H2,1-3H3,(H,17,18). The van der Waals surface area contributed by atoms with Gasteiger partial charge in [-0.3, -0.25) is 4.90 Å². The SMILES string of the molecule is CCC(C)CN(CC)Cc1nc2ccc(N)cc2[nH]1. The first-order valence-electron chi connectivity index (χ1n) is 7.08. The van der Waals surface area contributed by atoms with E-state index in [2.05, 4.69) is 35.6 Å². The lowest BCUT2D eigenvalue weighted by molar-refractivity contribution is 0.233. The zero-order valence-electron chi connectivity index (χ0n) is 12.1. The van der Waals surface area contributed by atoms with Gasteiger partial charge in [0.2, 0.25) is 0 Å². The van der Waals surface area contributed by atoms with Gasteiger partial charge in [0.25, 0.3) is 0 Å². The molecule has 0 amide bonds. The summed E-state index contributed by atoms with van der Waals surface area (Å²) in [6.45, 7) is 9.76. The van der Waals surface area contributed by atoms with Crippen molar-refractivity contribution in [2.75, 3.05) is 18.8 Å². The second-order valence-corrected chi connectivity index (χ2v) is 5.30. The predicted octanol–water partition coefficient (Wildman–Crippen LogP) is 3.01. The number of H-pyrrole nitrogens is 1. The molecule has 0 fully saturated rings. The lowest BCUT2D eigenvalue weighted by Gasteiger charge is -2.22. The average Bonchev–Trinajstić information content (AvgIpc) is 2.79. The van der Waals surface area contributed by atoms with Crippen molar-refractivity contribution < 1.29 is 0 Å². The molecule has 1 atom stereocenters. The zero-order chi connectivity index (χ0) is 13.8. The monoisotopic (exact) mass is 260 g/mol. The molecule has 0 aliphatic carbocycles. The van der Waals surface area contributed by atoms with Crippen LogP contribution in [-0.4, -0.2) is 28.0 Å². The lowest BCUT2D eigenvalue weighted by Crippen LogP contribution is -2.28. The van der Waals surface area contributed by atoms with Gasteiger partial charge in [-0.2, -0.15) is 0 Å². The van der Waals surface area contributed by atoms with Crippen molar-refractivity contribution in [3.05, 3.63) is 24.0 Å². The molecule has 2 rings (SSSR count). The maximum Gasteiger partial charge on any atom is 0.121 e.